The van der Waals surface area contributed by atoms with E-state index >= 15 is 0 Å². The van der Waals surface area contributed by atoms with Gasteiger partial charge in [0, 0.05) is 25.9 Å². The summed E-state index contributed by atoms with van der Waals surface area (Å²) >= 11 is 0. The average Bonchev–Trinajstić information content (AvgIpc) is 3.22. The van der Waals surface area contributed by atoms with E-state index < -0.39 is 5.54 Å². The zero-order valence-corrected chi connectivity index (χ0v) is 16.0. The number of nitrogens with one attached hydrogen (secondary N) is 1. The number of nitrogen functional groups attached to an aromatic ring is 1. The summed E-state index contributed by atoms with van der Waals surface area (Å²) in [6, 6.07) is 9.68. The van der Waals surface area contributed by atoms with Crippen LogP contribution in [0, 0.1) is 5.92 Å². The molecule has 1 aromatic heterocycles. The summed E-state index contributed by atoms with van der Waals surface area (Å²) in [4.78, 5) is 29.3. The Morgan fingerprint density at radius 2 is 2.00 bits per heavy atom. The zero-order valence-electron chi connectivity index (χ0n) is 16.0. The molecule has 2 amide bonds. The molecule has 0 unspecified atom stereocenters. The van der Waals surface area contributed by atoms with Gasteiger partial charge in [-0.2, -0.15) is 0 Å². The van der Waals surface area contributed by atoms with Crippen molar-refractivity contribution in [3.05, 3.63) is 41.6 Å². The summed E-state index contributed by atoms with van der Waals surface area (Å²) in [7, 11) is 2.03. The lowest BCUT2D eigenvalue weighted by Gasteiger charge is -2.44. The molecule has 0 aliphatic carbocycles. The molecule has 3 N–H and O–H groups in total. The predicted molar refractivity (Wildman–Crippen MR) is 101 cm³/mol. The number of amides is 2. The normalized spacial score (nSPS) is 27.4. The minimum Gasteiger partial charge on any atom is -0.379 e. The van der Waals surface area contributed by atoms with Crippen molar-refractivity contribution in [1.29, 1.82) is 0 Å². The maximum Gasteiger partial charge on any atom is 0.280 e. The van der Waals surface area contributed by atoms with Crippen molar-refractivity contribution in [3.63, 3.8) is 0 Å². The first-order chi connectivity index (χ1) is 13.4. The van der Waals surface area contributed by atoms with E-state index in [1.807, 2.05) is 37.4 Å². The molecule has 2 aliphatic rings. The van der Waals surface area contributed by atoms with E-state index in [2.05, 4.69) is 25.2 Å². The molecule has 3 atom stereocenters. The molecule has 1 aromatic carbocycles. The van der Waals surface area contributed by atoms with Gasteiger partial charge in [-0.25, -0.2) is 4.63 Å². The smallest absolute Gasteiger partial charge is 0.280 e. The second-order valence-electron chi connectivity index (χ2n) is 7.76. The summed E-state index contributed by atoms with van der Waals surface area (Å²) in [6.45, 7) is 3.44. The lowest BCUT2D eigenvalue weighted by molar-refractivity contribution is -0.122. The number of anilines is 1. The Morgan fingerprint density at radius 3 is 2.64 bits per heavy atom. The molecule has 9 nitrogen and oxygen atoms in total. The maximum atomic E-state index is 13.3. The van der Waals surface area contributed by atoms with Crippen molar-refractivity contribution in [2.75, 3.05) is 32.4 Å². The first-order valence-corrected chi connectivity index (χ1v) is 9.32. The van der Waals surface area contributed by atoms with Crippen molar-refractivity contribution in [1.82, 2.24) is 25.4 Å². The van der Waals surface area contributed by atoms with Gasteiger partial charge in [0.1, 0.15) is 0 Å². The van der Waals surface area contributed by atoms with Crippen LogP contribution in [-0.2, 0) is 4.79 Å². The van der Waals surface area contributed by atoms with Gasteiger partial charge in [-0.15, -0.1) is 0 Å². The Labute approximate surface area is 162 Å². The molecule has 2 aromatic rings. The second-order valence-corrected chi connectivity index (χ2v) is 7.76. The molecule has 148 valence electrons. The summed E-state index contributed by atoms with van der Waals surface area (Å²) in [5.41, 5.74) is 6.27. The zero-order chi connectivity index (χ0) is 19.9. The van der Waals surface area contributed by atoms with E-state index in [0.29, 0.717) is 13.1 Å². The third kappa shape index (κ3) is 3.01. The predicted octanol–water partition coefficient (Wildman–Crippen LogP) is 0.676. The molecule has 2 saturated heterocycles. The van der Waals surface area contributed by atoms with E-state index in [1.54, 1.807) is 4.90 Å². The minimum atomic E-state index is -0.541. The second kappa shape index (κ2) is 6.90. The largest absolute Gasteiger partial charge is 0.379 e. The number of carbonyl (C=O) groups excluding carboxylic acids is 2. The van der Waals surface area contributed by atoms with Crippen LogP contribution >= 0.6 is 0 Å². The molecule has 4 rings (SSSR count). The molecule has 28 heavy (non-hydrogen) atoms. The SMILES string of the molecule is CC(=O)N[C@@]12CN(C)CC[C@@H]1[C@@H](c1ccccc1)N(C(=O)c1nonc1N)C2. The topological polar surface area (TPSA) is 118 Å². The van der Waals surface area contributed by atoms with Crippen LogP contribution in [0.5, 0.6) is 0 Å². The molecule has 2 fully saturated rings. The Balaban J connectivity index is 1.80. The monoisotopic (exact) mass is 384 g/mol. The number of likely N-dealkylation sites (tertiary alicyclic amines) is 2. The fourth-order valence-corrected chi connectivity index (χ4v) is 4.82. The number of rotatable bonds is 3. The fourth-order valence-electron chi connectivity index (χ4n) is 4.82. The van der Waals surface area contributed by atoms with E-state index in [-0.39, 0.29) is 35.3 Å². The minimum absolute atomic E-state index is 0.00547. The van der Waals surface area contributed by atoms with Gasteiger partial charge in [0.15, 0.2) is 0 Å². The molecule has 3 heterocycles. The van der Waals surface area contributed by atoms with Gasteiger partial charge >= 0.3 is 0 Å². The summed E-state index contributed by atoms with van der Waals surface area (Å²) in [5.74, 6) is -0.407. The van der Waals surface area contributed by atoms with E-state index in [4.69, 9.17) is 5.73 Å². The van der Waals surface area contributed by atoms with Gasteiger partial charge in [-0.05, 0) is 35.9 Å². The number of likely N-dealkylation sites (N-methyl/N-ethyl adjacent to an activating group) is 1. The third-order valence-electron chi connectivity index (χ3n) is 5.80. The Kier molecular flexibility index (Phi) is 4.54. The van der Waals surface area contributed by atoms with E-state index in [0.717, 1.165) is 18.5 Å². The van der Waals surface area contributed by atoms with Crippen molar-refractivity contribution >= 4 is 17.6 Å². The standard InChI is InChI=1S/C19H24N6O3/c1-12(26)21-19-10-24(2)9-8-14(19)16(13-6-4-3-5-7-13)25(11-19)18(27)15-17(20)23-28-22-15/h3-7,14,16H,8-11H2,1-2H3,(H2,20,23)(H,21,26)/t14-,16-,19-/m1/s1. The van der Waals surface area contributed by atoms with Gasteiger partial charge in [-0.1, -0.05) is 30.3 Å². The van der Waals surface area contributed by atoms with Crippen molar-refractivity contribution < 1.29 is 14.2 Å². The van der Waals surface area contributed by atoms with E-state index in [9.17, 15) is 9.59 Å². The summed E-state index contributed by atoms with van der Waals surface area (Å²) in [6.07, 6.45) is 0.854. The lowest BCUT2D eigenvalue weighted by atomic mass is 9.76. The van der Waals surface area contributed by atoms with E-state index in [1.165, 1.54) is 6.92 Å². The number of piperidine rings is 1. The molecule has 0 bridgehead atoms. The van der Waals surface area contributed by atoms with Gasteiger partial charge in [0.25, 0.3) is 5.91 Å². The molecule has 0 spiro atoms. The van der Waals surface area contributed by atoms with Gasteiger partial charge in [0.05, 0.1) is 11.6 Å². The molecular weight excluding hydrogens is 360 g/mol. The fraction of sp³-hybridized carbons (Fsp3) is 0.474. The molecule has 0 saturated carbocycles. The quantitative estimate of drug-likeness (QED) is 0.799. The van der Waals surface area contributed by atoms with Crippen LogP contribution in [0.15, 0.2) is 35.0 Å². The highest BCUT2D eigenvalue weighted by atomic mass is 16.6. The highest BCUT2D eigenvalue weighted by molar-refractivity contribution is 5.96. The molecule has 2 aliphatic heterocycles. The van der Waals surface area contributed by atoms with Crippen molar-refractivity contribution in [2.24, 2.45) is 5.92 Å². The number of nitrogens with zero attached hydrogens (tertiary/aromatic N) is 4. The maximum absolute atomic E-state index is 13.3. The third-order valence-corrected chi connectivity index (χ3v) is 5.80. The average molecular weight is 384 g/mol. The first kappa shape index (κ1) is 18.4. The summed E-state index contributed by atoms with van der Waals surface area (Å²) in [5, 5.41) is 10.4. The van der Waals surface area contributed by atoms with Crippen LogP contribution in [0.1, 0.15) is 35.4 Å². The number of hydrogen-bond donors (Lipinski definition) is 2. The van der Waals surface area contributed by atoms with Crippen LogP contribution in [-0.4, -0.2) is 64.1 Å². The van der Waals surface area contributed by atoms with Gasteiger partial charge in [-0.3, -0.25) is 9.59 Å². The number of aromatic nitrogens is 2. The van der Waals surface area contributed by atoms with Gasteiger partial charge < -0.3 is 20.9 Å². The first-order valence-electron chi connectivity index (χ1n) is 9.32. The molecular formula is C19H24N6O3. The number of benzene rings is 1. The number of nitrogens with two attached hydrogens (primary N) is 1. The Morgan fingerprint density at radius 1 is 1.25 bits per heavy atom. The number of carbonyl (C=O) groups is 2. The molecule has 9 heteroatoms. The van der Waals surface area contributed by atoms with Crippen LogP contribution in [0.2, 0.25) is 0 Å². The summed E-state index contributed by atoms with van der Waals surface area (Å²) < 4.78 is 4.64. The van der Waals surface area contributed by atoms with Crippen LogP contribution in [0.25, 0.3) is 0 Å². The highest BCUT2D eigenvalue weighted by Crippen LogP contribution is 2.48. The Bertz CT molecular complexity index is 885. The molecule has 0 radical (unpaired) electrons. The Hall–Kier alpha value is -2.94. The number of fused-ring (bicyclic) bond motifs is 1. The van der Waals surface area contributed by atoms with Crippen LogP contribution in [0.4, 0.5) is 5.82 Å². The van der Waals surface area contributed by atoms with Crippen molar-refractivity contribution in [3.8, 4) is 0 Å². The van der Waals surface area contributed by atoms with Crippen molar-refractivity contribution in [2.45, 2.75) is 24.9 Å². The van der Waals surface area contributed by atoms with Gasteiger partial charge in [0.2, 0.25) is 17.4 Å². The lowest BCUT2D eigenvalue weighted by Crippen LogP contribution is -2.63. The van der Waals surface area contributed by atoms with Crippen LogP contribution in [0.3, 0.4) is 0 Å². The highest BCUT2D eigenvalue weighted by Gasteiger charge is 2.57. The van der Waals surface area contributed by atoms with Crippen LogP contribution < -0.4 is 11.1 Å². The number of hydrogen-bond acceptors (Lipinski definition) is 7.